The van der Waals surface area contributed by atoms with E-state index in [1.165, 1.54) is 79.9 Å². The van der Waals surface area contributed by atoms with E-state index in [9.17, 15) is 0 Å². The van der Waals surface area contributed by atoms with Gasteiger partial charge >= 0.3 is 28.4 Å². The van der Waals surface area contributed by atoms with E-state index < -0.39 is 0 Å². The van der Waals surface area contributed by atoms with E-state index in [1.54, 1.807) is 0 Å². The fourth-order valence-corrected chi connectivity index (χ4v) is 4.55. The summed E-state index contributed by atoms with van der Waals surface area (Å²) in [6.07, 6.45) is 11.0. The van der Waals surface area contributed by atoms with E-state index in [1.807, 2.05) is 36.4 Å². The predicted octanol–water partition coefficient (Wildman–Crippen LogP) is 12.0. The number of fused-ring (bicyclic) bond motifs is 3. The molecule has 2 aliphatic carbocycles. The van der Waals surface area contributed by atoms with Crippen LogP contribution in [0, 0.1) is 52.0 Å². The standard InChI is InChI=1S/C21H25.2C8H9.C5H5.CH2.2ClH.Zr/c1-20(2,3)16-7-9-18-14(12-16)11-15-13-17(21(4,5)6)8-10-19(15)18;2*1-7-5-3-4-6-8(7)2;1-2-4-5-3-1;;;;/h7-10,12H,11H2,1-6H3;2*3,5-6H,1-2H3;1-3H,4H2;1H2;2*1H;/q4*-1;;;;. The molecule has 0 atom stereocenters. The number of hydrogen-bond donors (Lipinski definition) is 0. The van der Waals surface area contributed by atoms with Gasteiger partial charge in [0.05, 0.1) is 0 Å². The van der Waals surface area contributed by atoms with Gasteiger partial charge in [0.2, 0.25) is 0 Å². The molecule has 0 heterocycles. The Morgan fingerprint density at radius 2 is 1.22 bits per heavy atom. The molecule has 0 spiro atoms. The summed E-state index contributed by atoms with van der Waals surface area (Å²) in [5.41, 5.74) is 14.0. The van der Waals surface area contributed by atoms with Gasteiger partial charge in [-0.2, -0.15) is 101 Å². The van der Waals surface area contributed by atoms with Crippen LogP contribution in [-0.4, -0.2) is 4.21 Å². The van der Waals surface area contributed by atoms with Gasteiger partial charge in [-0.3, -0.25) is 6.08 Å². The van der Waals surface area contributed by atoms with Crippen LogP contribution in [0.15, 0.2) is 85.0 Å². The van der Waals surface area contributed by atoms with Crippen molar-refractivity contribution in [2.24, 2.45) is 0 Å². The fourth-order valence-electron chi connectivity index (χ4n) is 4.55. The molecule has 4 aromatic carbocycles. The summed E-state index contributed by atoms with van der Waals surface area (Å²) >= 11 is 1.30. The van der Waals surface area contributed by atoms with Crippen LogP contribution < -0.4 is 0 Å². The van der Waals surface area contributed by atoms with Gasteiger partial charge in [-0.1, -0.05) is 93.0 Å². The first-order chi connectivity index (χ1) is 20.8. The molecule has 3 heteroatoms. The zero-order valence-corrected chi connectivity index (χ0v) is 33.6. The van der Waals surface area contributed by atoms with Crippen LogP contribution in [0.25, 0.3) is 11.1 Å². The Balaban J connectivity index is 0.000000669. The predicted molar refractivity (Wildman–Crippen MR) is 204 cm³/mol. The van der Waals surface area contributed by atoms with E-state index in [0.29, 0.717) is 0 Å². The van der Waals surface area contributed by atoms with Crippen molar-refractivity contribution in [1.82, 2.24) is 0 Å². The molecule has 0 aliphatic heterocycles. The molecule has 0 saturated heterocycles. The van der Waals surface area contributed by atoms with Crippen LogP contribution in [0.1, 0.15) is 92.5 Å². The molecule has 0 nitrogen and oxygen atoms in total. The first-order valence-electron chi connectivity index (χ1n) is 15.4. The number of aryl methyl sites for hydroxylation is 4. The molecular weight excluding hydrogens is 679 g/mol. The maximum atomic E-state index is 3.67. The molecule has 2 aliphatic rings. The van der Waals surface area contributed by atoms with Gasteiger partial charge < -0.3 is 0 Å². The second-order valence-corrected chi connectivity index (χ2v) is 13.3. The number of rotatable bonds is 0. The Morgan fingerprint density at radius 1 is 0.674 bits per heavy atom. The van der Waals surface area contributed by atoms with E-state index in [-0.39, 0.29) is 35.6 Å². The first-order valence-corrected chi connectivity index (χ1v) is 17.1. The molecule has 0 N–H and O–H groups in total. The average Bonchev–Trinajstić information content (AvgIpc) is 3.68. The minimum atomic E-state index is 0. The van der Waals surface area contributed by atoms with E-state index >= 15 is 0 Å². The van der Waals surface area contributed by atoms with Gasteiger partial charge in [-0.15, -0.1) is 42.4 Å². The molecule has 0 aromatic heterocycles. The topological polar surface area (TPSA) is 0 Å². The molecule has 0 unspecified atom stereocenters. The van der Waals surface area contributed by atoms with Crippen molar-refractivity contribution in [2.75, 3.05) is 0 Å². The van der Waals surface area contributed by atoms with Crippen LogP contribution >= 0.6 is 24.8 Å². The van der Waals surface area contributed by atoms with Gasteiger partial charge in [0, 0.05) is 0 Å². The van der Waals surface area contributed by atoms with Crippen LogP contribution in [0.5, 0.6) is 0 Å². The van der Waals surface area contributed by atoms with Gasteiger partial charge in [0.25, 0.3) is 0 Å². The normalized spacial score (nSPS) is 11.6. The third-order valence-electron chi connectivity index (χ3n) is 7.75. The zero-order chi connectivity index (χ0) is 32.9. The molecule has 0 fully saturated rings. The summed E-state index contributed by atoms with van der Waals surface area (Å²) in [6.45, 7) is 22.0. The van der Waals surface area contributed by atoms with E-state index in [2.05, 4.69) is 146 Å². The van der Waals surface area contributed by atoms with Crippen LogP contribution in [-0.2, 0) is 41.5 Å². The number of halogens is 2. The molecule has 246 valence electrons. The maximum absolute atomic E-state index is 3.67. The molecular formula is C43H52Cl2Zr-4. The van der Waals surface area contributed by atoms with Crippen molar-refractivity contribution in [3.05, 3.63) is 154 Å². The zero-order valence-electron chi connectivity index (χ0n) is 29.5. The minimum absolute atomic E-state index is 0. The molecule has 6 rings (SSSR count). The monoisotopic (exact) mass is 728 g/mol. The number of allylic oxidation sites excluding steroid dienone is 4. The summed E-state index contributed by atoms with van der Waals surface area (Å²) in [5.74, 6) is 0. The second-order valence-electron chi connectivity index (χ2n) is 13.3. The average molecular weight is 731 g/mol. The fraction of sp³-hybridized carbons (Fsp3) is 0.326. The van der Waals surface area contributed by atoms with Crippen LogP contribution in [0.4, 0.5) is 0 Å². The molecule has 0 amide bonds. The molecule has 46 heavy (non-hydrogen) atoms. The summed E-state index contributed by atoms with van der Waals surface area (Å²) in [6, 6.07) is 33.2. The SMILES string of the molecule is CC(C)(C)c1[c-]c2c(cc1)-c1ccc(C(C)(C)C)cc1C2.Cc1c[c-]ccc1C.Cc1c[c-]ccc1C.Cl.Cl.[C-]1=CC=CC1.[CH2]=[Zr]. The van der Waals surface area contributed by atoms with Gasteiger partial charge in [0.15, 0.2) is 0 Å². The second kappa shape index (κ2) is 20.8. The third kappa shape index (κ3) is 13.8. The van der Waals surface area contributed by atoms with Crippen molar-refractivity contribution in [1.29, 1.82) is 0 Å². The number of benzene rings is 4. The number of hydrogen-bond acceptors (Lipinski definition) is 0. The Labute approximate surface area is 309 Å². The summed E-state index contributed by atoms with van der Waals surface area (Å²) in [5, 5.41) is 0. The van der Waals surface area contributed by atoms with Gasteiger partial charge in [0.1, 0.15) is 0 Å². The van der Waals surface area contributed by atoms with Crippen molar-refractivity contribution < 1.29 is 24.2 Å². The molecule has 0 radical (unpaired) electrons. The van der Waals surface area contributed by atoms with Gasteiger partial charge in [-0.05, 0) is 28.4 Å². The Bertz CT molecular complexity index is 1390. The summed E-state index contributed by atoms with van der Waals surface area (Å²) in [4.78, 5) is 0. The van der Waals surface area contributed by atoms with Gasteiger partial charge in [-0.25, -0.2) is 12.2 Å². The van der Waals surface area contributed by atoms with Crippen molar-refractivity contribution in [3.63, 3.8) is 0 Å². The Morgan fingerprint density at radius 3 is 1.59 bits per heavy atom. The summed E-state index contributed by atoms with van der Waals surface area (Å²) < 4.78 is 3.34. The quantitative estimate of drug-likeness (QED) is 0.139. The molecule has 4 aromatic rings. The summed E-state index contributed by atoms with van der Waals surface area (Å²) in [7, 11) is 0. The Hall–Kier alpha value is -2.31. The van der Waals surface area contributed by atoms with Crippen LogP contribution in [0.2, 0.25) is 0 Å². The third-order valence-corrected chi connectivity index (χ3v) is 7.75. The van der Waals surface area contributed by atoms with Crippen LogP contribution in [0.3, 0.4) is 0 Å². The van der Waals surface area contributed by atoms with Crippen molar-refractivity contribution >= 4 is 29.0 Å². The van der Waals surface area contributed by atoms with Crippen molar-refractivity contribution in [2.45, 2.75) is 92.9 Å². The molecule has 0 bridgehead atoms. The van der Waals surface area contributed by atoms with E-state index in [0.717, 1.165) is 12.8 Å². The van der Waals surface area contributed by atoms with Crippen molar-refractivity contribution in [3.8, 4) is 11.1 Å². The Kier molecular flexibility index (Phi) is 19.8. The first kappa shape index (κ1) is 43.7. The van der Waals surface area contributed by atoms with E-state index in [4.69, 9.17) is 0 Å². The molecule has 0 saturated carbocycles.